The zero-order chi connectivity index (χ0) is 13.4. The normalized spacial score (nSPS) is 43.4. The quantitative estimate of drug-likeness (QED) is 0.720. The molecule has 0 amide bonds. The molecule has 0 radical (unpaired) electrons. The third kappa shape index (κ3) is 2.64. The van der Waals surface area contributed by atoms with Gasteiger partial charge in [0, 0.05) is 20.6 Å². The third-order valence-corrected chi connectivity index (χ3v) is 4.81. The molecule has 0 spiro atoms. The van der Waals surface area contributed by atoms with Gasteiger partial charge in [-0.25, -0.2) is 0 Å². The average molecular weight is 279 g/mol. The summed E-state index contributed by atoms with van der Waals surface area (Å²) in [5.74, 6) is 0. The summed E-state index contributed by atoms with van der Waals surface area (Å²) in [6.45, 7) is 1.92. The Hall–Kier alpha value is 0.0300. The van der Waals surface area contributed by atoms with E-state index in [-0.39, 0.29) is 18.3 Å². The summed E-state index contributed by atoms with van der Waals surface area (Å²) in [6.07, 6.45) is 2.40. The summed E-state index contributed by atoms with van der Waals surface area (Å²) in [4.78, 5) is 11.6. The second-order valence-corrected chi connectivity index (χ2v) is 6.47. The molecule has 7 heteroatoms. The van der Waals surface area contributed by atoms with Crippen molar-refractivity contribution >= 4 is 7.82 Å². The van der Waals surface area contributed by atoms with E-state index in [9.17, 15) is 9.46 Å². The molecular weight excluding hydrogens is 259 g/mol. The van der Waals surface area contributed by atoms with E-state index in [1.54, 1.807) is 7.11 Å². The summed E-state index contributed by atoms with van der Waals surface area (Å²) in [7, 11) is -1.55. The second kappa shape index (κ2) is 5.19. The Balaban J connectivity index is 2.23. The fourth-order valence-electron chi connectivity index (χ4n) is 3.09. The first-order valence-electron chi connectivity index (χ1n) is 6.18. The van der Waals surface area contributed by atoms with E-state index in [4.69, 9.17) is 14.0 Å². The minimum absolute atomic E-state index is 0.0393. The predicted octanol–water partition coefficient (Wildman–Crippen LogP) is 1.23. The highest BCUT2D eigenvalue weighted by atomic mass is 31.2. The Bertz CT molecular complexity index is 348. The molecule has 1 saturated heterocycles. The molecule has 1 aliphatic carbocycles. The Morgan fingerprint density at radius 1 is 1.44 bits per heavy atom. The average Bonchev–Trinajstić information content (AvgIpc) is 2.63. The lowest BCUT2D eigenvalue weighted by atomic mass is 9.79. The Labute approximate surface area is 107 Å². The molecule has 18 heavy (non-hydrogen) atoms. The van der Waals surface area contributed by atoms with Crippen molar-refractivity contribution in [2.45, 2.75) is 56.5 Å². The number of hydrogen-bond acceptors (Lipinski definition) is 6. The SMILES string of the molecule is CO[C@@H]1CCCC2(OP(=O)([O-])OC)C[C@H](C)OC12. The van der Waals surface area contributed by atoms with Crippen LogP contribution in [0.1, 0.15) is 32.6 Å². The van der Waals surface area contributed by atoms with E-state index < -0.39 is 13.4 Å². The Morgan fingerprint density at radius 2 is 2.17 bits per heavy atom. The number of fused-ring (bicyclic) bond motifs is 1. The molecule has 6 nitrogen and oxygen atoms in total. The molecule has 2 aliphatic rings. The molecule has 0 N–H and O–H groups in total. The number of phosphoric ester groups is 1. The molecule has 106 valence electrons. The van der Waals surface area contributed by atoms with E-state index in [1.807, 2.05) is 6.92 Å². The van der Waals surface area contributed by atoms with Gasteiger partial charge >= 0.3 is 0 Å². The smallest absolute Gasteiger partial charge is 0.268 e. The van der Waals surface area contributed by atoms with E-state index in [1.165, 1.54) is 0 Å². The van der Waals surface area contributed by atoms with Gasteiger partial charge in [0.15, 0.2) is 0 Å². The minimum Gasteiger partial charge on any atom is -0.756 e. The first-order chi connectivity index (χ1) is 8.42. The maximum Gasteiger partial charge on any atom is 0.268 e. The van der Waals surface area contributed by atoms with Crippen LogP contribution < -0.4 is 4.89 Å². The van der Waals surface area contributed by atoms with Crippen LogP contribution in [0.2, 0.25) is 0 Å². The molecule has 0 aromatic rings. The number of phosphoric acid groups is 1. The van der Waals surface area contributed by atoms with Gasteiger partial charge in [-0.2, -0.15) is 0 Å². The number of ether oxygens (including phenoxy) is 2. The maximum absolute atomic E-state index is 11.6. The van der Waals surface area contributed by atoms with Crippen LogP contribution in [0, 0.1) is 0 Å². The third-order valence-electron chi connectivity index (χ3n) is 3.78. The Kier molecular flexibility index (Phi) is 4.17. The van der Waals surface area contributed by atoms with Crippen LogP contribution in [0.5, 0.6) is 0 Å². The minimum atomic E-state index is -4.27. The topological polar surface area (TPSA) is 77.1 Å². The van der Waals surface area contributed by atoms with Gasteiger partial charge in [-0.15, -0.1) is 0 Å². The van der Waals surface area contributed by atoms with Crippen LogP contribution >= 0.6 is 7.82 Å². The van der Waals surface area contributed by atoms with Crippen molar-refractivity contribution < 1.29 is 28.0 Å². The number of methoxy groups -OCH3 is 1. The van der Waals surface area contributed by atoms with E-state index in [0.29, 0.717) is 12.8 Å². The zero-order valence-corrected chi connectivity index (χ0v) is 11.9. The van der Waals surface area contributed by atoms with Gasteiger partial charge in [0.2, 0.25) is 0 Å². The summed E-state index contributed by atoms with van der Waals surface area (Å²) in [5, 5.41) is 0. The van der Waals surface area contributed by atoms with Crippen molar-refractivity contribution in [2.24, 2.45) is 0 Å². The standard InChI is InChI=1S/C11H21O6P/c1-8-7-11(17-18(12,13)15-3)6-4-5-9(14-2)10(11)16-8/h8-10H,4-7H2,1-3H3,(H,12,13)/p-1/t8-,9+,10?,11?/m0/s1. The van der Waals surface area contributed by atoms with Crippen molar-refractivity contribution in [1.82, 2.24) is 0 Å². The molecule has 0 aromatic heterocycles. The lowest BCUT2D eigenvalue weighted by Crippen LogP contribution is -2.51. The highest BCUT2D eigenvalue weighted by Crippen LogP contribution is 2.53. The van der Waals surface area contributed by atoms with E-state index in [0.717, 1.165) is 20.0 Å². The van der Waals surface area contributed by atoms with Gasteiger partial charge < -0.3 is 23.4 Å². The lowest BCUT2D eigenvalue weighted by Gasteiger charge is -2.43. The van der Waals surface area contributed by atoms with Crippen LogP contribution in [0.25, 0.3) is 0 Å². The van der Waals surface area contributed by atoms with Gasteiger partial charge in [0.05, 0.1) is 12.2 Å². The van der Waals surface area contributed by atoms with Crippen molar-refractivity contribution in [3.05, 3.63) is 0 Å². The van der Waals surface area contributed by atoms with E-state index >= 15 is 0 Å². The summed E-state index contributed by atoms with van der Waals surface area (Å²) in [5.41, 5.74) is -0.828. The highest BCUT2D eigenvalue weighted by Gasteiger charge is 2.55. The Morgan fingerprint density at radius 3 is 2.78 bits per heavy atom. The van der Waals surface area contributed by atoms with Gasteiger partial charge in [-0.3, -0.25) is 4.57 Å². The first-order valence-corrected chi connectivity index (χ1v) is 7.64. The molecule has 1 heterocycles. The fourth-order valence-corrected chi connectivity index (χ4v) is 3.88. The second-order valence-electron chi connectivity index (χ2n) is 5.02. The molecule has 3 unspecified atom stereocenters. The largest absolute Gasteiger partial charge is 0.756 e. The van der Waals surface area contributed by atoms with Crippen molar-refractivity contribution in [3.8, 4) is 0 Å². The first kappa shape index (κ1) is 14.4. The van der Waals surface area contributed by atoms with Gasteiger partial charge in [0.1, 0.15) is 11.7 Å². The molecule has 2 fully saturated rings. The van der Waals surface area contributed by atoms with Gasteiger partial charge in [-0.05, 0) is 26.2 Å². The van der Waals surface area contributed by atoms with Crippen LogP contribution in [0.4, 0.5) is 0 Å². The molecule has 0 bridgehead atoms. The monoisotopic (exact) mass is 279 g/mol. The van der Waals surface area contributed by atoms with Gasteiger partial charge in [0.25, 0.3) is 7.82 Å². The summed E-state index contributed by atoms with van der Waals surface area (Å²) < 4.78 is 32.5. The molecule has 1 saturated carbocycles. The molecule has 1 aliphatic heterocycles. The van der Waals surface area contributed by atoms with Crippen molar-refractivity contribution in [1.29, 1.82) is 0 Å². The van der Waals surface area contributed by atoms with Crippen LogP contribution in [-0.2, 0) is 23.1 Å². The molecular formula is C11H20O6P-. The predicted molar refractivity (Wildman–Crippen MR) is 62.0 cm³/mol. The van der Waals surface area contributed by atoms with Crippen LogP contribution in [-0.4, -0.2) is 38.1 Å². The number of rotatable bonds is 4. The summed E-state index contributed by atoms with van der Waals surface area (Å²) in [6, 6.07) is 0. The molecule has 5 atom stereocenters. The summed E-state index contributed by atoms with van der Waals surface area (Å²) >= 11 is 0. The zero-order valence-electron chi connectivity index (χ0n) is 11.0. The van der Waals surface area contributed by atoms with Crippen LogP contribution in [0.3, 0.4) is 0 Å². The van der Waals surface area contributed by atoms with Crippen molar-refractivity contribution in [3.63, 3.8) is 0 Å². The maximum atomic E-state index is 11.6. The van der Waals surface area contributed by atoms with Crippen molar-refractivity contribution in [2.75, 3.05) is 14.2 Å². The van der Waals surface area contributed by atoms with E-state index in [2.05, 4.69) is 4.52 Å². The van der Waals surface area contributed by atoms with Crippen LogP contribution in [0.15, 0.2) is 0 Å². The lowest BCUT2D eigenvalue weighted by molar-refractivity contribution is -0.243. The number of hydrogen-bond donors (Lipinski definition) is 0. The highest BCUT2D eigenvalue weighted by molar-refractivity contribution is 7.45. The molecule has 2 rings (SSSR count). The fraction of sp³-hybridized carbons (Fsp3) is 1.00. The van der Waals surface area contributed by atoms with Gasteiger partial charge in [-0.1, -0.05) is 0 Å². The molecule has 0 aromatic carbocycles.